The second-order valence-corrected chi connectivity index (χ2v) is 3.10. The van der Waals surface area contributed by atoms with E-state index in [0.717, 1.165) is 0 Å². The van der Waals surface area contributed by atoms with E-state index in [9.17, 15) is 4.79 Å². The van der Waals surface area contributed by atoms with Gasteiger partial charge in [0.15, 0.2) is 5.84 Å². The average Bonchev–Trinajstić information content (AvgIpc) is 2.16. The second kappa shape index (κ2) is 4.52. The SMILES string of the molecule is NC(=O)Nc1cc(Cl)ccc1C(N)=NO. The summed E-state index contributed by atoms with van der Waals surface area (Å²) in [6, 6.07) is 3.73. The van der Waals surface area contributed by atoms with Gasteiger partial charge in [0.05, 0.1) is 5.69 Å². The van der Waals surface area contributed by atoms with Gasteiger partial charge in [0.1, 0.15) is 0 Å². The highest BCUT2D eigenvalue weighted by molar-refractivity contribution is 6.31. The van der Waals surface area contributed by atoms with Crippen LogP contribution < -0.4 is 16.8 Å². The van der Waals surface area contributed by atoms with Crippen LogP contribution in [0.25, 0.3) is 0 Å². The van der Waals surface area contributed by atoms with Crippen LogP contribution >= 0.6 is 11.6 Å². The lowest BCUT2D eigenvalue weighted by atomic mass is 10.1. The van der Waals surface area contributed by atoms with Gasteiger partial charge in [-0.2, -0.15) is 0 Å². The number of nitrogens with two attached hydrogens (primary N) is 2. The van der Waals surface area contributed by atoms with E-state index in [-0.39, 0.29) is 11.5 Å². The topological polar surface area (TPSA) is 114 Å². The third-order valence-corrected chi connectivity index (χ3v) is 1.86. The lowest BCUT2D eigenvalue weighted by Gasteiger charge is -2.08. The number of amidine groups is 1. The number of anilines is 1. The summed E-state index contributed by atoms with van der Waals surface area (Å²) < 4.78 is 0. The number of halogens is 1. The number of urea groups is 1. The van der Waals surface area contributed by atoms with Crippen molar-refractivity contribution in [1.82, 2.24) is 0 Å². The van der Waals surface area contributed by atoms with Crippen LogP contribution in [0.3, 0.4) is 0 Å². The lowest BCUT2D eigenvalue weighted by Crippen LogP contribution is -2.23. The predicted octanol–water partition coefficient (Wildman–Crippen LogP) is 0.925. The average molecular weight is 229 g/mol. The molecule has 0 radical (unpaired) electrons. The Kier molecular flexibility index (Phi) is 3.35. The minimum absolute atomic E-state index is 0.143. The van der Waals surface area contributed by atoms with Crippen molar-refractivity contribution in [3.05, 3.63) is 28.8 Å². The van der Waals surface area contributed by atoms with Crippen molar-refractivity contribution >= 4 is 29.2 Å². The van der Waals surface area contributed by atoms with Crippen molar-refractivity contribution in [3.63, 3.8) is 0 Å². The van der Waals surface area contributed by atoms with Crippen molar-refractivity contribution in [3.8, 4) is 0 Å². The molecule has 0 heterocycles. The highest BCUT2D eigenvalue weighted by Crippen LogP contribution is 2.20. The monoisotopic (exact) mass is 228 g/mol. The van der Waals surface area contributed by atoms with Gasteiger partial charge in [0, 0.05) is 10.6 Å². The van der Waals surface area contributed by atoms with E-state index >= 15 is 0 Å². The fourth-order valence-corrected chi connectivity index (χ4v) is 1.20. The smallest absolute Gasteiger partial charge is 0.316 e. The van der Waals surface area contributed by atoms with Crippen LogP contribution in [0.1, 0.15) is 5.56 Å². The third-order valence-electron chi connectivity index (χ3n) is 1.62. The molecule has 7 heteroatoms. The molecular formula is C8H9ClN4O2. The molecular weight excluding hydrogens is 220 g/mol. The molecule has 1 aromatic carbocycles. The van der Waals surface area contributed by atoms with Gasteiger partial charge in [-0.15, -0.1) is 0 Å². The maximum Gasteiger partial charge on any atom is 0.316 e. The van der Waals surface area contributed by atoms with Crippen molar-refractivity contribution in [1.29, 1.82) is 0 Å². The maximum absolute atomic E-state index is 10.7. The van der Waals surface area contributed by atoms with Crippen LogP contribution in [-0.2, 0) is 0 Å². The summed E-state index contributed by atoms with van der Waals surface area (Å²) in [4.78, 5) is 10.7. The van der Waals surface area contributed by atoms with Crippen LogP contribution in [0.5, 0.6) is 0 Å². The van der Waals surface area contributed by atoms with E-state index < -0.39 is 6.03 Å². The normalized spacial score (nSPS) is 11.1. The fourth-order valence-electron chi connectivity index (χ4n) is 1.03. The predicted molar refractivity (Wildman–Crippen MR) is 57.2 cm³/mol. The Morgan fingerprint density at radius 2 is 2.13 bits per heavy atom. The second-order valence-electron chi connectivity index (χ2n) is 2.66. The Balaban J connectivity index is 3.20. The van der Waals surface area contributed by atoms with Crippen LogP contribution in [0.4, 0.5) is 10.5 Å². The number of hydrogen-bond donors (Lipinski definition) is 4. The number of primary amides is 1. The summed E-state index contributed by atoms with van der Waals surface area (Å²) in [5.74, 6) is -0.143. The zero-order chi connectivity index (χ0) is 11.4. The molecule has 0 saturated heterocycles. The number of rotatable bonds is 2. The molecule has 1 aromatic rings. The van der Waals surface area contributed by atoms with E-state index in [4.69, 9.17) is 28.3 Å². The van der Waals surface area contributed by atoms with Crippen LogP contribution in [0, 0.1) is 0 Å². The van der Waals surface area contributed by atoms with Gasteiger partial charge < -0.3 is 22.0 Å². The summed E-state index contributed by atoms with van der Waals surface area (Å²) in [5, 5.41) is 14.0. The molecule has 2 amide bonds. The van der Waals surface area contributed by atoms with Gasteiger partial charge in [0.2, 0.25) is 0 Å². The Labute approximate surface area is 90.5 Å². The van der Waals surface area contributed by atoms with Gasteiger partial charge in [-0.3, -0.25) is 0 Å². The summed E-state index contributed by atoms with van der Waals surface area (Å²) in [5.41, 5.74) is 11.0. The third kappa shape index (κ3) is 2.75. The molecule has 0 unspecified atom stereocenters. The zero-order valence-corrected chi connectivity index (χ0v) is 8.32. The Morgan fingerprint density at radius 1 is 1.47 bits per heavy atom. The highest BCUT2D eigenvalue weighted by Gasteiger charge is 2.08. The molecule has 0 atom stereocenters. The summed E-state index contributed by atoms with van der Waals surface area (Å²) in [7, 11) is 0. The van der Waals surface area contributed by atoms with Gasteiger partial charge >= 0.3 is 6.03 Å². The molecule has 0 aliphatic carbocycles. The van der Waals surface area contributed by atoms with E-state index in [2.05, 4.69) is 10.5 Å². The first-order chi connectivity index (χ1) is 7.04. The molecule has 0 spiro atoms. The Morgan fingerprint density at radius 3 is 2.67 bits per heavy atom. The quantitative estimate of drug-likeness (QED) is 0.261. The number of nitrogens with one attached hydrogen (secondary N) is 1. The van der Waals surface area contributed by atoms with Gasteiger partial charge in [-0.25, -0.2) is 4.79 Å². The zero-order valence-electron chi connectivity index (χ0n) is 7.57. The minimum atomic E-state index is -0.760. The number of carbonyl (C=O) groups is 1. The molecule has 6 N–H and O–H groups in total. The molecule has 6 nitrogen and oxygen atoms in total. The minimum Gasteiger partial charge on any atom is -0.409 e. The summed E-state index contributed by atoms with van der Waals surface area (Å²) in [6.07, 6.45) is 0. The van der Waals surface area contributed by atoms with E-state index in [0.29, 0.717) is 10.6 Å². The molecule has 0 bridgehead atoms. The lowest BCUT2D eigenvalue weighted by molar-refractivity contribution is 0.259. The standard InChI is InChI=1S/C8H9ClN4O2/c9-4-1-2-5(7(10)13-15)6(3-4)12-8(11)14/h1-3,15H,(H2,10,13)(H3,11,12,14). The van der Waals surface area contributed by atoms with Crippen molar-refractivity contribution < 1.29 is 10.0 Å². The van der Waals surface area contributed by atoms with E-state index in [1.165, 1.54) is 12.1 Å². The van der Waals surface area contributed by atoms with Crippen molar-refractivity contribution in [2.45, 2.75) is 0 Å². The number of amides is 2. The highest BCUT2D eigenvalue weighted by atomic mass is 35.5. The Bertz CT molecular complexity index is 419. The first-order valence-corrected chi connectivity index (χ1v) is 4.26. The van der Waals surface area contributed by atoms with E-state index in [1.54, 1.807) is 6.07 Å². The molecule has 0 aliphatic heterocycles. The molecule has 15 heavy (non-hydrogen) atoms. The first-order valence-electron chi connectivity index (χ1n) is 3.88. The van der Waals surface area contributed by atoms with Gasteiger partial charge in [-0.1, -0.05) is 16.8 Å². The molecule has 0 aromatic heterocycles. The molecule has 80 valence electrons. The number of benzene rings is 1. The maximum atomic E-state index is 10.7. The van der Waals surface area contributed by atoms with Gasteiger partial charge in [-0.05, 0) is 18.2 Å². The fraction of sp³-hybridized carbons (Fsp3) is 0. The molecule has 0 saturated carbocycles. The summed E-state index contributed by atoms with van der Waals surface area (Å²) in [6.45, 7) is 0. The van der Waals surface area contributed by atoms with Crippen molar-refractivity contribution in [2.24, 2.45) is 16.6 Å². The first kappa shape index (κ1) is 11.1. The number of oxime groups is 1. The molecule has 1 rings (SSSR count). The number of nitrogens with zero attached hydrogens (tertiary/aromatic N) is 1. The van der Waals surface area contributed by atoms with Crippen LogP contribution in [0.15, 0.2) is 23.4 Å². The van der Waals surface area contributed by atoms with Crippen molar-refractivity contribution in [2.75, 3.05) is 5.32 Å². The Hall–Kier alpha value is -1.95. The van der Waals surface area contributed by atoms with Crippen LogP contribution in [-0.4, -0.2) is 17.1 Å². The number of hydrogen-bond acceptors (Lipinski definition) is 3. The molecule has 0 aliphatic rings. The largest absolute Gasteiger partial charge is 0.409 e. The molecule has 0 fully saturated rings. The number of carbonyl (C=O) groups excluding carboxylic acids is 1. The summed E-state index contributed by atoms with van der Waals surface area (Å²) >= 11 is 5.71. The van der Waals surface area contributed by atoms with Crippen LogP contribution in [0.2, 0.25) is 5.02 Å². The van der Waals surface area contributed by atoms with Gasteiger partial charge in [0.25, 0.3) is 0 Å². The van der Waals surface area contributed by atoms with E-state index in [1.807, 2.05) is 0 Å².